The number of methoxy groups -OCH3 is 1. The molecule has 0 spiro atoms. The third kappa shape index (κ3) is 4.52. The molecule has 180 valence electrons. The van der Waals surface area contributed by atoms with Crippen molar-refractivity contribution in [2.75, 3.05) is 14.2 Å². The first-order valence-electron chi connectivity index (χ1n) is 11.1. The molecule has 5 amide bonds. The standard InChI is InChI=1S/C14H12N4O4.C10H11NO2/c19-12(16-7-1-2-7)6-3-9-8(15-5-6)4-10(22-9)11-13(20)18-14(21)17-11;1-11-6-7-3-4-8(13-2)5-9(7)10(11)12/h3-5,7,11H,1-2H2,(H,16,19)(H2,17,18,20,21);3-5H,6H2,1-2H3/t11-;/m0./s1. The molecule has 1 saturated carbocycles. The Morgan fingerprint density at radius 2 is 2.00 bits per heavy atom. The van der Waals surface area contributed by atoms with E-state index in [1.807, 2.05) is 12.1 Å². The van der Waals surface area contributed by atoms with Crippen LogP contribution in [0.25, 0.3) is 11.1 Å². The van der Waals surface area contributed by atoms with E-state index >= 15 is 0 Å². The van der Waals surface area contributed by atoms with Gasteiger partial charge in [-0.15, -0.1) is 0 Å². The highest BCUT2D eigenvalue weighted by Gasteiger charge is 2.34. The van der Waals surface area contributed by atoms with E-state index in [4.69, 9.17) is 9.15 Å². The first kappa shape index (κ1) is 22.4. The first-order chi connectivity index (χ1) is 16.8. The van der Waals surface area contributed by atoms with Crippen LogP contribution in [0.5, 0.6) is 5.75 Å². The Kier molecular flexibility index (Phi) is 5.59. The largest absolute Gasteiger partial charge is 0.497 e. The summed E-state index contributed by atoms with van der Waals surface area (Å²) in [6, 6.07) is 7.60. The molecule has 1 atom stereocenters. The molecule has 0 bridgehead atoms. The minimum Gasteiger partial charge on any atom is -0.497 e. The Bertz CT molecular complexity index is 1360. The predicted octanol–water partition coefficient (Wildman–Crippen LogP) is 1.88. The Balaban J connectivity index is 0.000000166. The molecule has 0 unspecified atom stereocenters. The number of furan rings is 1. The van der Waals surface area contributed by atoms with Gasteiger partial charge in [0.05, 0.1) is 12.7 Å². The van der Waals surface area contributed by atoms with Crippen LogP contribution in [-0.4, -0.2) is 53.8 Å². The highest BCUT2D eigenvalue weighted by molar-refractivity contribution is 6.04. The van der Waals surface area contributed by atoms with Gasteiger partial charge in [-0.2, -0.15) is 0 Å². The first-order valence-corrected chi connectivity index (χ1v) is 11.1. The lowest BCUT2D eigenvalue weighted by Gasteiger charge is -2.04. The van der Waals surface area contributed by atoms with Crippen LogP contribution in [-0.2, 0) is 11.3 Å². The van der Waals surface area contributed by atoms with Crippen LogP contribution in [0.1, 0.15) is 50.9 Å². The zero-order valence-corrected chi connectivity index (χ0v) is 19.1. The molecule has 4 heterocycles. The molecule has 0 radical (unpaired) electrons. The number of amides is 5. The minimum atomic E-state index is -0.870. The average Bonchev–Trinajstić information content (AvgIpc) is 3.34. The van der Waals surface area contributed by atoms with Gasteiger partial charge in [0.25, 0.3) is 17.7 Å². The summed E-state index contributed by atoms with van der Waals surface area (Å²) >= 11 is 0. The Morgan fingerprint density at radius 3 is 2.69 bits per heavy atom. The second kappa shape index (κ2) is 8.75. The van der Waals surface area contributed by atoms with Crippen molar-refractivity contribution in [1.29, 1.82) is 0 Å². The minimum absolute atomic E-state index is 0.0777. The van der Waals surface area contributed by atoms with Crippen LogP contribution in [0.3, 0.4) is 0 Å². The monoisotopic (exact) mass is 477 g/mol. The smallest absolute Gasteiger partial charge is 0.322 e. The molecular weight excluding hydrogens is 454 g/mol. The van der Waals surface area contributed by atoms with E-state index in [-0.39, 0.29) is 23.6 Å². The van der Waals surface area contributed by atoms with Crippen molar-refractivity contribution >= 4 is 34.9 Å². The molecule has 3 aromatic rings. The number of benzene rings is 1. The van der Waals surface area contributed by atoms with E-state index < -0.39 is 18.0 Å². The van der Waals surface area contributed by atoms with Crippen molar-refractivity contribution in [3.05, 3.63) is 59.0 Å². The van der Waals surface area contributed by atoms with Gasteiger partial charge in [-0.1, -0.05) is 6.07 Å². The highest BCUT2D eigenvalue weighted by atomic mass is 16.5. The van der Waals surface area contributed by atoms with Crippen LogP contribution in [0.2, 0.25) is 0 Å². The fourth-order valence-corrected chi connectivity index (χ4v) is 3.87. The molecule has 11 heteroatoms. The average molecular weight is 477 g/mol. The van der Waals surface area contributed by atoms with E-state index in [1.54, 1.807) is 37.3 Å². The number of hydrogen-bond acceptors (Lipinski definition) is 7. The maximum atomic E-state index is 12.0. The molecular formula is C24H23N5O6. The van der Waals surface area contributed by atoms with Crippen molar-refractivity contribution in [3.63, 3.8) is 0 Å². The number of carbonyl (C=O) groups excluding carboxylic acids is 4. The third-order valence-electron chi connectivity index (χ3n) is 5.92. The van der Waals surface area contributed by atoms with Gasteiger partial charge in [0.15, 0.2) is 11.6 Å². The molecule has 1 saturated heterocycles. The van der Waals surface area contributed by atoms with Crippen LogP contribution in [0.15, 0.2) is 40.9 Å². The van der Waals surface area contributed by atoms with Gasteiger partial charge in [-0.25, -0.2) is 4.79 Å². The molecule has 11 nitrogen and oxygen atoms in total. The summed E-state index contributed by atoms with van der Waals surface area (Å²) in [6.45, 7) is 0.707. The number of fused-ring (bicyclic) bond motifs is 2. The van der Waals surface area contributed by atoms with E-state index in [0.717, 1.165) is 29.7 Å². The van der Waals surface area contributed by atoms with Crippen LogP contribution in [0, 0.1) is 0 Å². The number of carbonyl (C=O) groups is 4. The summed E-state index contributed by atoms with van der Waals surface area (Å²) in [7, 11) is 3.40. The lowest BCUT2D eigenvalue weighted by Crippen LogP contribution is -2.25. The number of nitrogens with one attached hydrogen (secondary N) is 3. The number of rotatable bonds is 4. The molecule has 1 aromatic carbocycles. The highest BCUT2D eigenvalue weighted by Crippen LogP contribution is 2.26. The fourth-order valence-electron chi connectivity index (χ4n) is 3.87. The molecule has 1 aliphatic carbocycles. The third-order valence-corrected chi connectivity index (χ3v) is 5.92. The predicted molar refractivity (Wildman–Crippen MR) is 123 cm³/mol. The molecule has 3 aliphatic rings. The van der Waals surface area contributed by atoms with E-state index in [2.05, 4.69) is 20.9 Å². The second-order valence-electron chi connectivity index (χ2n) is 8.58. The van der Waals surface area contributed by atoms with Gasteiger partial charge in [0.1, 0.15) is 17.0 Å². The van der Waals surface area contributed by atoms with Gasteiger partial charge < -0.3 is 24.7 Å². The molecule has 2 aromatic heterocycles. The summed E-state index contributed by atoms with van der Waals surface area (Å²) in [5.74, 6) is 0.430. The Labute approximate surface area is 199 Å². The van der Waals surface area contributed by atoms with E-state index in [0.29, 0.717) is 23.2 Å². The molecule has 2 fully saturated rings. The zero-order chi connectivity index (χ0) is 24.7. The fraction of sp³-hybridized carbons (Fsp3) is 0.292. The van der Waals surface area contributed by atoms with Crippen molar-refractivity contribution in [3.8, 4) is 5.75 Å². The number of nitrogens with zero attached hydrogens (tertiary/aromatic N) is 2. The van der Waals surface area contributed by atoms with Crippen molar-refractivity contribution in [2.45, 2.75) is 31.5 Å². The maximum absolute atomic E-state index is 12.0. The lowest BCUT2D eigenvalue weighted by atomic mass is 10.1. The van der Waals surface area contributed by atoms with Crippen LogP contribution < -0.4 is 20.7 Å². The SMILES string of the molecule is COc1ccc2c(c1)C(=O)N(C)C2.O=C1NC(=O)[C@H](c2cc3ncc(C(=O)NC4CC4)cc3o2)N1. The van der Waals surface area contributed by atoms with E-state index in [1.165, 1.54) is 6.20 Å². The van der Waals surface area contributed by atoms with Gasteiger partial charge >= 0.3 is 6.03 Å². The topological polar surface area (TPSA) is 143 Å². The Morgan fingerprint density at radius 1 is 1.20 bits per heavy atom. The number of pyridine rings is 1. The van der Waals surface area contributed by atoms with Gasteiger partial charge in [0, 0.05) is 37.5 Å². The normalized spacial score (nSPS) is 18.5. The van der Waals surface area contributed by atoms with Crippen molar-refractivity contribution in [2.24, 2.45) is 0 Å². The van der Waals surface area contributed by atoms with Gasteiger partial charge in [-0.3, -0.25) is 24.7 Å². The molecule has 3 N–H and O–H groups in total. The van der Waals surface area contributed by atoms with Crippen LogP contribution >= 0.6 is 0 Å². The summed E-state index contributed by atoms with van der Waals surface area (Å²) in [4.78, 5) is 52.2. The molecule has 35 heavy (non-hydrogen) atoms. The number of imide groups is 1. The van der Waals surface area contributed by atoms with Crippen molar-refractivity contribution in [1.82, 2.24) is 25.8 Å². The number of hydrogen-bond donors (Lipinski definition) is 3. The van der Waals surface area contributed by atoms with Crippen LogP contribution in [0.4, 0.5) is 4.79 Å². The zero-order valence-electron chi connectivity index (χ0n) is 19.1. The quantitative estimate of drug-likeness (QED) is 0.487. The van der Waals surface area contributed by atoms with Crippen molar-refractivity contribution < 1.29 is 28.3 Å². The maximum Gasteiger partial charge on any atom is 0.322 e. The van der Waals surface area contributed by atoms with Gasteiger partial charge in [0.2, 0.25) is 0 Å². The summed E-state index contributed by atoms with van der Waals surface area (Å²) in [5.41, 5.74) is 3.16. The summed E-state index contributed by atoms with van der Waals surface area (Å²) < 4.78 is 10.6. The Hall–Kier alpha value is -4.41. The summed E-state index contributed by atoms with van der Waals surface area (Å²) in [6.07, 6.45) is 3.47. The number of ether oxygens (including phenoxy) is 1. The van der Waals surface area contributed by atoms with E-state index in [9.17, 15) is 19.2 Å². The van der Waals surface area contributed by atoms with Gasteiger partial charge in [-0.05, 0) is 36.6 Å². The molecule has 6 rings (SSSR count). The number of aromatic nitrogens is 1. The lowest BCUT2D eigenvalue weighted by molar-refractivity contribution is -0.120. The number of urea groups is 1. The summed E-state index contributed by atoms with van der Waals surface area (Å²) in [5, 5.41) is 7.45. The molecule has 2 aliphatic heterocycles. The second-order valence-corrected chi connectivity index (χ2v) is 8.58.